The smallest absolute Gasteiger partial charge is 0.267 e. The molecular weight excluding hydrogens is 204 g/mol. The van der Waals surface area contributed by atoms with Crippen molar-refractivity contribution in [2.24, 2.45) is 0 Å². The summed E-state index contributed by atoms with van der Waals surface area (Å²) in [7, 11) is 1.73. The van der Waals surface area contributed by atoms with Crippen molar-refractivity contribution in [2.75, 3.05) is 11.9 Å². The minimum absolute atomic E-state index is 0.0889. The first-order chi connectivity index (χ1) is 7.74. The Balaban J connectivity index is 2.25. The number of carbonyl (C=O) groups is 1. The first-order valence-corrected chi connectivity index (χ1v) is 5.14. The molecule has 0 aromatic heterocycles. The van der Waals surface area contributed by atoms with E-state index >= 15 is 0 Å². The second-order valence-corrected chi connectivity index (χ2v) is 3.67. The van der Waals surface area contributed by atoms with Gasteiger partial charge in [0, 0.05) is 19.9 Å². The van der Waals surface area contributed by atoms with Gasteiger partial charge in [-0.15, -0.1) is 0 Å². The highest BCUT2D eigenvalue weighted by molar-refractivity contribution is 5.99. The maximum atomic E-state index is 11.9. The van der Waals surface area contributed by atoms with Crippen LogP contribution in [0.3, 0.4) is 0 Å². The van der Waals surface area contributed by atoms with E-state index in [1.54, 1.807) is 11.9 Å². The van der Waals surface area contributed by atoms with Crippen LogP contribution in [0, 0.1) is 11.3 Å². The van der Waals surface area contributed by atoms with E-state index in [0.717, 1.165) is 5.69 Å². The third kappa shape index (κ3) is 1.72. The van der Waals surface area contributed by atoms with Crippen LogP contribution in [0.4, 0.5) is 5.69 Å². The number of nitriles is 1. The van der Waals surface area contributed by atoms with Crippen molar-refractivity contribution in [1.29, 1.82) is 5.26 Å². The molecule has 16 heavy (non-hydrogen) atoms. The van der Waals surface area contributed by atoms with Crippen molar-refractivity contribution in [3.63, 3.8) is 0 Å². The third-order valence-electron chi connectivity index (χ3n) is 2.62. The van der Waals surface area contributed by atoms with E-state index in [-0.39, 0.29) is 5.91 Å². The number of nitrogens with zero attached hydrogens (tertiary/aromatic N) is 2. The number of anilines is 1. The Morgan fingerprint density at radius 3 is 3.00 bits per heavy atom. The van der Waals surface area contributed by atoms with Gasteiger partial charge in [0.2, 0.25) is 0 Å². The number of rotatable bonds is 2. The number of carbonyl (C=O) groups excluding carboxylic acids is 1. The molecule has 0 N–H and O–H groups in total. The van der Waals surface area contributed by atoms with Gasteiger partial charge in [-0.25, -0.2) is 0 Å². The predicted octanol–water partition coefficient (Wildman–Crippen LogP) is 1.71. The van der Waals surface area contributed by atoms with Crippen LogP contribution >= 0.6 is 0 Å². The zero-order chi connectivity index (χ0) is 11.5. The molecule has 4 nitrogen and oxygen atoms in total. The lowest BCUT2D eigenvalue weighted by molar-refractivity contribution is -0.126. The lowest BCUT2D eigenvalue weighted by Crippen LogP contribution is -2.43. The molecule has 0 fully saturated rings. The average molecular weight is 216 g/mol. The van der Waals surface area contributed by atoms with Crippen LogP contribution in [0.1, 0.15) is 12.8 Å². The van der Waals surface area contributed by atoms with Crippen LogP contribution in [-0.2, 0) is 4.79 Å². The van der Waals surface area contributed by atoms with Gasteiger partial charge in [-0.05, 0) is 12.1 Å². The van der Waals surface area contributed by atoms with Crippen LogP contribution < -0.4 is 9.64 Å². The van der Waals surface area contributed by atoms with Gasteiger partial charge in [0.15, 0.2) is 6.10 Å². The normalized spacial score (nSPS) is 18.6. The lowest BCUT2D eigenvalue weighted by atomic mass is 10.1. The molecule has 0 saturated heterocycles. The summed E-state index contributed by atoms with van der Waals surface area (Å²) in [5, 5.41) is 8.51. The van der Waals surface area contributed by atoms with E-state index in [9.17, 15) is 4.79 Å². The molecule has 1 aliphatic rings. The Morgan fingerprint density at radius 1 is 1.50 bits per heavy atom. The van der Waals surface area contributed by atoms with Gasteiger partial charge in [0.05, 0.1) is 11.8 Å². The van der Waals surface area contributed by atoms with Gasteiger partial charge in [0.1, 0.15) is 5.75 Å². The van der Waals surface area contributed by atoms with Crippen molar-refractivity contribution in [1.82, 2.24) is 0 Å². The van der Waals surface area contributed by atoms with E-state index < -0.39 is 6.10 Å². The van der Waals surface area contributed by atoms with E-state index in [2.05, 4.69) is 0 Å². The molecule has 2 rings (SSSR count). The standard InChI is InChI=1S/C12H12N2O2/c1-14-9-5-2-3-6-10(9)16-11(12(14)15)7-4-8-13/h2-3,5-6,11H,4,7H2,1H3. The first-order valence-electron chi connectivity index (χ1n) is 5.14. The molecule has 0 saturated carbocycles. The van der Waals surface area contributed by atoms with Crippen molar-refractivity contribution in [3.05, 3.63) is 24.3 Å². The molecule has 4 heteroatoms. The summed E-state index contributed by atoms with van der Waals surface area (Å²) < 4.78 is 5.57. The van der Waals surface area contributed by atoms with Crippen LogP contribution in [-0.4, -0.2) is 19.1 Å². The van der Waals surface area contributed by atoms with Gasteiger partial charge < -0.3 is 9.64 Å². The molecule has 1 aromatic rings. The highest BCUT2D eigenvalue weighted by Crippen LogP contribution is 2.33. The summed E-state index contributed by atoms with van der Waals surface area (Å²) in [6.45, 7) is 0. The number of likely N-dealkylation sites (N-methyl/N-ethyl adjacent to an activating group) is 1. The summed E-state index contributed by atoms with van der Waals surface area (Å²) in [6, 6.07) is 9.42. The SMILES string of the molecule is CN1C(=O)C(CCC#N)Oc2ccccc21. The molecule has 0 spiro atoms. The molecule has 1 atom stereocenters. The van der Waals surface area contributed by atoms with Crippen LogP contribution in [0.5, 0.6) is 5.75 Å². The van der Waals surface area contributed by atoms with Gasteiger partial charge in [-0.1, -0.05) is 12.1 Å². The molecule has 0 radical (unpaired) electrons. The molecule has 1 unspecified atom stereocenters. The molecule has 1 heterocycles. The fourth-order valence-electron chi connectivity index (χ4n) is 1.75. The number of para-hydroxylation sites is 2. The van der Waals surface area contributed by atoms with E-state index in [0.29, 0.717) is 18.6 Å². The zero-order valence-corrected chi connectivity index (χ0v) is 9.01. The predicted molar refractivity (Wildman–Crippen MR) is 59.1 cm³/mol. The van der Waals surface area contributed by atoms with Crippen molar-refractivity contribution >= 4 is 11.6 Å². The molecule has 0 aliphatic carbocycles. The van der Waals surface area contributed by atoms with E-state index in [1.807, 2.05) is 30.3 Å². The van der Waals surface area contributed by atoms with Crippen LogP contribution in [0.2, 0.25) is 0 Å². The number of amides is 1. The Kier molecular flexibility index (Phi) is 2.78. The highest BCUT2D eigenvalue weighted by Gasteiger charge is 2.31. The Bertz CT molecular complexity index is 451. The Hall–Kier alpha value is -2.02. The fraction of sp³-hybridized carbons (Fsp3) is 0.333. The van der Waals surface area contributed by atoms with Crippen LogP contribution in [0.25, 0.3) is 0 Å². The highest BCUT2D eigenvalue weighted by atomic mass is 16.5. The summed E-state index contributed by atoms with van der Waals surface area (Å²) in [5.41, 5.74) is 0.778. The maximum absolute atomic E-state index is 11.9. The second-order valence-electron chi connectivity index (χ2n) is 3.67. The van der Waals surface area contributed by atoms with E-state index in [4.69, 9.17) is 10.00 Å². The first kappa shape index (κ1) is 10.5. The summed E-state index contributed by atoms with van der Waals surface area (Å²) >= 11 is 0. The number of hydrogen-bond donors (Lipinski definition) is 0. The van der Waals surface area contributed by atoms with Crippen molar-refractivity contribution in [2.45, 2.75) is 18.9 Å². The van der Waals surface area contributed by atoms with E-state index in [1.165, 1.54) is 0 Å². The second kappa shape index (κ2) is 4.23. The molecule has 1 amide bonds. The summed E-state index contributed by atoms with van der Waals surface area (Å²) in [4.78, 5) is 13.5. The lowest BCUT2D eigenvalue weighted by Gasteiger charge is -2.31. The molecule has 1 aromatic carbocycles. The largest absolute Gasteiger partial charge is 0.478 e. The number of benzene rings is 1. The zero-order valence-electron chi connectivity index (χ0n) is 9.01. The summed E-state index contributed by atoms with van der Waals surface area (Å²) in [5.74, 6) is 0.612. The number of fused-ring (bicyclic) bond motifs is 1. The Morgan fingerprint density at radius 2 is 2.25 bits per heavy atom. The van der Waals surface area contributed by atoms with Gasteiger partial charge in [-0.2, -0.15) is 5.26 Å². The maximum Gasteiger partial charge on any atom is 0.267 e. The third-order valence-corrected chi connectivity index (χ3v) is 2.62. The van der Waals surface area contributed by atoms with Gasteiger partial charge in [-0.3, -0.25) is 4.79 Å². The molecule has 82 valence electrons. The quantitative estimate of drug-likeness (QED) is 0.756. The number of ether oxygens (including phenoxy) is 1. The van der Waals surface area contributed by atoms with Crippen molar-refractivity contribution in [3.8, 4) is 11.8 Å². The minimum atomic E-state index is -0.528. The Labute approximate surface area is 94.0 Å². The fourth-order valence-corrected chi connectivity index (χ4v) is 1.75. The minimum Gasteiger partial charge on any atom is -0.478 e. The van der Waals surface area contributed by atoms with Crippen LogP contribution in [0.15, 0.2) is 24.3 Å². The van der Waals surface area contributed by atoms with Gasteiger partial charge >= 0.3 is 0 Å². The topological polar surface area (TPSA) is 53.3 Å². The molecular formula is C12H12N2O2. The average Bonchev–Trinajstić information content (AvgIpc) is 2.32. The number of hydrogen-bond acceptors (Lipinski definition) is 3. The monoisotopic (exact) mass is 216 g/mol. The van der Waals surface area contributed by atoms with Gasteiger partial charge in [0.25, 0.3) is 5.91 Å². The van der Waals surface area contributed by atoms with Crippen molar-refractivity contribution < 1.29 is 9.53 Å². The molecule has 1 aliphatic heterocycles. The molecule has 0 bridgehead atoms. The summed E-state index contributed by atoms with van der Waals surface area (Å²) in [6.07, 6.45) is 0.236.